The molecule has 0 amide bonds. The highest BCUT2D eigenvalue weighted by atomic mass is 15.2. The van der Waals surface area contributed by atoms with E-state index >= 15 is 0 Å². The van der Waals surface area contributed by atoms with E-state index in [0.717, 1.165) is 6.54 Å². The van der Waals surface area contributed by atoms with Gasteiger partial charge in [-0.15, -0.1) is 0 Å². The van der Waals surface area contributed by atoms with E-state index in [1.807, 2.05) is 0 Å². The van der Waals surface area contributed by atoms with Crippen molar-refractivity contribution in [1.82, 2.24) is 4.90 Å². The molecule has 1 aliphatic rings. The summed E-state index contributed by atoms with van der Waals surface area (Å²) < 4.78 is 0. The molecule has 0 aliphatic carbocycles. The lowest BCUT2D eigenvalue weighted by molar-refractivity contribution is 0.653. The van der Waals surface area contributed by atoms with Crippen LogP contribution in [0.4, 0.5) is 0 Å². The van der Waals surface area contributed by atoms with Crippen molar-refractivity contribution in [3.63, 3.8) is 0 Å². The lowest BCUT2D eigenvalue weighted by Gasteiger charge is -1.83. The zero-order chi connectivity index (χ0) is 4.41. The van der Waals surface area contributed by atoms with Crippen LogP contribution in [-0.4, -0.2) is 30.7 Å². The van der Waals surface area contributed by atoms with Gasteiger partial charge in [-0.25, -0.2) is 0 Å². The van der Waals surface area contributed by atoms with Crippen molar-refractivity contribution < 1.29 is 0 Å². The molecule has 0 spiro atoms. The predicted octanol–water partition coefficient (Wildman–Crippen LogP) is -0.0484. The molecule has 0 radical (unpaired) electrons. The molecular weight excluding hydrogens is 76.1 g/mol. The van der Waals surface area contributed by atoms with Gasteiger partial charge in [0.2, 0.25) is 0 Å². The second kappa shape index (κ2) is 1.39. The Morgan fingerprint density at radius 2 is 2.33 bits per heavy atom. The van der Waals surface area contributed by atoms with Crippen LogP contribution in [0.3, 0.4) is 0 Å². The minimum atomic E-state index is 0.861. The Morgan fingerprint density at radius 3 is 2.50 bits per heavy atom. The van der Waals surface area contributed by atoms with Crippen molar-refractivity contribution in [2.75, 3.05) is 19.6 Å². The van der Waals surface area contributed by atoms with Gasteiger partial charge >= 0.3 is 0 Å². The van der Waals surface area contributed by atoms with Crippen LogP contribution < -0.4 is 0 Å². The van der Waals surface area contributed by atoms with Crippen LogP contribution in [0, 0.1) is 5.41 Å². The number of nitrogens with zero attached hydrogens (tertiary/aromatic N) is 1. The molecule has 34 valence electrons. The largest absolute Gasteiger partial charge is 0.312 e. The van der Waals surface area contributed by atoms with E-state index in [-0.39, 0.29) is 0 Å². The fourth-order valence-electron chi connectivity index (χ4n) is 0.382. The molecule has 0 unspecified atom stereocenters. The van der Waals surface area contributed by atoms with Crippen LogP contribution in [0.15, 0.2) is 0 Å². The summed E-state index contributed by atoms with van der Waals surface area (Å²) in [4.78, 5) is 2.19. The van der Waals surface area contributed by atoms with E-state index < -0.39 is 0 Å². The fraction of sp³-hybridized carbons (Fsp3) is 0.750. The number of hydrogen-bond acceptors (Lipinski definition) is 2. The summed E-state index contributed by atoms with van der Waals surface area (Å²) in [6.45, 7) is 3.27. The molecule has 1 saturated heterocycles. The predicted molar refractivity (Wildman–Crippen MR) is 25.2 cm³/mol. The summed E-state index contributed by atoms with van der Waals surface area (Å²) in [5, 5.41) is 6.61. The lowest BCUT2D eigenvalue weighted by atomic mass is 10.7. The van der Waals surface area contributed by atoms with Crippen LogP contribution >= 0.6 is 0 Å². The molecule has 1 rings (SSSR count). The average Bonchev–Trinajstić information content (AvgIpc) is 2.21. The molecule has 1 heterocycles. The molecule has 1 N–H and O–H groups in total. The van der Waals surface area contributed by atoms with Crippen LogP contribution in [0.5, 0.6) is 0 Å². The summed E-state index contributed by atoms with van der Waals surface area (Å²) in [5.74, 6) is 0. The van der Waals surface area contributed by atoms with Crippen molar-refractivity contribution in [2.24, 2.45) is 0 Å². The standard InChI is InChI=1S/C4H8N2/c5-1-2-6-3-4-6/h1,5H,2-4H2. The summed E-state index contributed by atoms with van der Waals surface area (Å²) in [7, 11) is 0. The third-order valence-electron chi connectivity index (χ3n) is 0.889. The van der Waals surface area contributed by atoms with Crippen LogP contribution in [0.2, 0.25) is 0 Å². The molecule has 0 aromatic rings. The van der Waals surface area contributed by atoms with Gasteiger partial charge in [0.25, 0.3) is 0 Å². The molecule has 0 bridgehead atoms. The summed E-state index contributed by atoms with van der Waals surface area (Å²) in [5.41, 5.74) is 0. The summed E-state index contributed by atoms with van der Waals surface area (Å²) in [6, 6.07) is 0. The Balaban J connectivity index is 2.00. The van der Waals surface area contributed by atoms with Crippen molar-refractivity contribution in [3.8, 4) is 0 Å². The average molecular weight is 84.1 g/mol. The minimum absolute atomic E-state index is 0.861. The van der Waals surface area contributed by atoms with Gasteiger partial charge in [-0.1, -0.05) is 0 Å². The Hall–Kier alpha value is -0.370. The van der Waals surface area contributed by atoms with Gasteiger partial charge in [-0.2, -0.15) is 0 Å². The monoisotopic (exact) mass is 84.1 g/mol. The summed E-state index contributed by atoms with van der Waals surface area (Å²) >= 11 is 0. The quantitative estimate of drug-likeness (QED) is 0.368. The first-order valence-electron chi connectivity index (χ1n) is 2.15. The van der Waals surface area contributed by atoms with E-state index in [4.69, 9.17) is 5.41 Å². The smallest absolute Gasteiger partial charge is 0.0331 e. The molecule has 0 saturated carbocycles. The van der Waals surface area contributed by atoms with E-state index in [9.17, 15) is 0 Å². The maximum atomic E-state index is 6.61. The zero-order valence-corrected chi connectivity index (χ0v) is 3.65. The van der Waals surface area contributed by atoms with Gasteiger partial charge in [0.15, 0.2) is 0 Å². The number of hydrogen-bond donors (Lipinski definition) is 1. The second-order valence-corrected chi connectivity index (χ2v) is 1.50. The van der Waals surface area contributed by atoms with Crippen molar-refractivity contribution in [3.05, 3.63) is 0 Å². The maximum Gasteiger partial charge on any atom is 0.0331 e. The van der Waals surface area contributed by atoms with E-state index in [2.05, 4.69) is 4.90 Å². The van der Waals surface area contributed by atoms with E-state index in [1.54, 1.807) is 0 Å². The third-order valence-corrected chi connectivity index (χ3v) is 0.889. The molecule has 0 aromatic carbocycles. The van der Waals surface area contributed by atoms with Gasteiger partial charge in [-0.05, 0) is 0 Å². The van der Waals surface area contributed by atoms with E-state index in [0.29, 0.717) is 0 Å². The molecular formula is C4H8N2. The molecule has 2 heteroatoms. The first-order valence-corrected chi connectivity index (χ1v) is 2.15. The molecule has 1 aliphatic heterocycles. The van der Waals surface area contributed by atoms with Gasteiger partial charge < -0.3 is 5.41 Å². The highest BCUT2D eigenvalue weighted by Gasteiger charge is 2.13. The lowest BCUT2D eigenvalue weighted by Crippen LogP contribution is -1.97. The Morgan fingerprint density at radius 1 is 1.67 bits per heavy atom. The van der Waals surface area contributed by atoms with Crippen LogP contribution in [0.1, 0.15) is 0 Å². The first kappa shape index (κ1) is 3.81. The van der Waals surface area contributed by atoms with E-state index in [1.165, 1.54) is 19.3 Å². The Kier molecular flexibility index (Phi) is 0.881. The molecule has 6 heavy (non-hydrogen) atoms. The summed E-state index contributed by atoms with van der Waals surface area (Å²) in [6.07, 6.45) is 1.44. The highest BCUT2D eigenvalue weighted by Crippen LogP contribution is 1.98. The topological polar surface area (TPSA) is 26.9 Å². The molecule has 2 nitrogen and oxygen atoms in total. The molecule has 1 fully saturated rings. The van der Waals surface area contributed by atoms with Crippen LogP contribution in [-0.2, 0) is 0 Å². The van der Waals surface area contributed by atoms with Gasteiger partial charge in [0.1, 0.15) is 0 Å². The third kappa shape index (κ3) is 0.792. The molecule has 0 atom stereocenters. The maximum absolute atomic E-state index is 6.61. The first-order chi connectivity index (χ1) is 2.93. The second-order valence-electron chi connectivity index (χ2n) is 1.50. The normalized spacial score (nSPS) is 20.7. The Bertz CT molecular complexity index is 56.6. The van der Waals surface area contributed by atoms with Crippen LogP contribution in [0.25, 0.3) is 0 Å². The van der Waals surface area contributed by atoms with Crippen molar-refractivity contribution in [1.29, 1.82) is 5.41 Å². The zero-order valence-electron chi connectivity index (χ0n) is 3.65. The SMILES string of the molecule is N=CCN1CC1. The fourth-order valence-corrected chi connectivity index (χ4v) is 0.382. The van der Waals surface area contributed by atoms with Crippen molar-refractivity contribution >= 4 is 6.21 Å². The highest BCUT2D eigenvalue weighted by molar-refractivity contribution is 5.55. The van der Waals surface area contributed by atoms with Gasteiger partial charge in [0.05, 0.1) is 0 Å². The molecule has 0 aromatic heterocycles. The minimum Gasteiger partial charge on any atom is -0.312 e. The Labute approximate surface area is 37.3 Å². The number of rotatable bonds is 2. The number of nitrogens with one attached hydrogen (secondary N) is 1. The van der Waals surface area contributed by atoms with Gasteiger partial charge in [0, 0.05) is 25.8 Å². The van der Waals surface area contributed by atoms with Gasteiger partial charge in [-0.3, -0.25) is 4.90 Å². The van der Waals surface area contributed by atoms with Crippen molar-refractivity contribution in [2.45, 2.75) is 0 Å².